The van der Waals surface area contributed by atoms with Gasteiger partial charge in [0, 0.05) is 6.04 Å². The minimum atomic E-state index is -0.554. The molecule has 0 aromatic heterocycles. The summed E-state index contributed by atoms with van der Waals surface area (Å²) in [5.41, 5.74) is -0.668. The molecule has 0 aromatic carbocycles. The van der Waals surface area contributed by atoms with E-state index in [9.17, 15) is 15.2 Å². The van der Waals surface area contributed by atoms with Crippen LogP contribution in [0.1, 0.15) is 51.4 Å². The standard InChI is InChI=1S/C19H27N3O2/c1-21-16(17(23)22-14(9-20)3-13-4-15(13)22)18-5-11-2-12(6-18)8-19(24,7-11)10-18/h11-16,21,24H,2-8,10H2,1H3. The Morgan fingerprint density at radius 1 is 1.25 bits per heavy atom. The van der Waals surface area contributed by atoms with Crippen molar-refractivity contribution in [3.8, 4) is 6.07 Å². The molecule has 0 radical (unpaired) electrons. The zero-order valence-corrected chi connectivity index (χ0v) is 14.4. The van der Waals surface area contributed by atoms with Crippen LogP contribution in [0.4, 0.5) is 0 Å². The van der Waals surface area contributed by atoms with Crippen LogP contribution in [-0.2, 0) is 4.79 Å². The molecule has 1 heterocycles. The van der Waals surface area contributed by atoms with E-state index in [-0.39, 0.29) is 23.4 Å². The molecule has 5 saturated carbocycles. The Morgan fingerprint density at radius 2 is 1.96 bits per heavy atom. The number of nitriles is 1. The Hall–Kier alpha value is -1.12. The topological polar surface area (TPSA) is 76.4 Å². The minimum absolute atomic E-state index is 0.113. The summed E-state index contributed by atoms with van der Waals surface area (Å²) in [5.74, 6) is 1.81. The maximum Gasteiger partial charge on any atom is 0.241 e. The average molecular weight is 329 g/mol. The average Bonchev–Trinajstić information content (AvgIpc) is 3.15. The lowest BCUT2D eigenvalue weighted by atomic mass is 9.46. The van der Waals surface area contributed by atoms with E-state index < -0.39 is 5.60 Å². The number of piperidine rings is 1. The van der Waals surface area contributed by atoms with Gasteiger partial charge in [0.15, 0.2) is 0 Å². The van der Waals surface area contributed by atoms with Crippen molar-refractivity contribution in [2.45, 2.75) is 75.1 Å². The van der Waals surface area contributed by atoms with E-state index in [0.717, 1.165) is 44.9 Å². The summed E-state index contributed by atoms with van der Waals surface area (Å²) >= 11 is 0. The summed E-state index contributed by atoms with van der Waals surface area (Å²) in [6.07, 6.45) is 7.86. The first-order chi connectivity index (χ1) is 11.5. The highest BCUT2D eigenvalue weighted by molar-refractivity contribution is 5.85. The van der Waals surface area contributed by atoms with Gasteiger partial charge < -0.3 is 15.3 Å². The van der Waals surface area contributed by atoms with E-state index in [1.807, 2.05) is 11.9 Å². The van der Waals surface area contributed by atoms with E-state index in [1.54, 1.807) is 0 Å². The highest BCUT2D eigenvalue weighted by Crippen LogP contribution is 2.63. The van der Waals surface area contributed by atoms with Crippen molar-refractivity contribution in [2.75, 3.05) is 7.05 Å². The van der Waals surface area contributed by atoms with E-state index >= 15 is 0 Å². The van der Waals surface area contributed by atoms with Crippen LogP contribution in [0.2, 0.25) is 0 Å². The van der Waals surface area contributed by atoms with Crippen molar-refractivity contribution in [1.29, 1.82) is 5.26 Å². The van der Waals surface area contributed by atoms with Crippen LogP contribution in [-0.4, -0.2) is 46.7 Å². The van der Waals surface area contributed by atoms with Gasteiger partial charge in [-0.1, -0.05) is 0 Å². The predicted molar refractivity (Wildman–Crippen MR) is 87.7 cm³/mol. The van der Waals surface area contributed by atoms with Gasteiger partial charge in [0.1, 0.15) is 6.04 Å². The Labute approximate surface area is 143 Å². The smallest absolute Gasteiger partial charge is 0.241 e. The summed E-state index contributed by atoms with van der Waals surface area (Å²) in [7, 11) is 1.88. The lowest BCUT2D eigenvalue weighted by Crippen LogP contribution is -2.65. The number of fused-ring (bicyclic) bond motifs is 1. The highest BCUT2D eigenvalue weighted by atomic mass is 16.3. The van der Waals surface area contributed by atoms with Crippen molar-refractivity contribution in [2.24, 2.45) is 23.2 Å². The molecule has 1 amide bonds. The molecular formula is C19H27N3O2. The highest BCUT2D eigenvalue weighted by Gasteiger charge is 2.63. The van der Waals surface area contributed by atoms with Crippen LogP contribution < -0.4 is 5.32 Å². The molecule has 6 unspecified atom stereocenters. The fourth-order valence-electron chi connectivity index (χ4n) is 7.35. The monoisotopic (exact) mass is 329 g/mol. The van der Waals surface area contributed by atoms with Crippen molar-refractivity contribution < 1.29 is 9.90 Å². The number of carbonyl (C=O) groups is 1. The van der Waals surface area contributed by atoms with E-state index in [1.165, 1.54) is 6.42 Å². The third-order valence-corrected chi connectivity index (χ3v) is 7.73. The number of likely N-dealkylation sites (N-methyl/N-ethyl adjacent to an activating group) is 1. The van der Waals surface area contributed by atoms with Crippen LogP contribution in [0.5, 0.6) is 0 Å². The predicted octanol–water partition coefficient (Wildman–Crippen LogP) is 1.42. The molecule has 5 heteroatoms. The Bertz CT molecular complexity index is 613. The van der Waals surface area contributed by atoms with Crippen molar-refractivity contribution in [3.05, 3.63) is 0 Å². The molecule has 5 aliphatic carbocycles. The van der Waals surface area contributed by atoms with Gasteiger partial charge in [-0.25, -0.2) is 0 Å². The molecule has 1 saturated heterocycles. The molecule has 2 N–H and O–H groups in total. The first kappa shape index (κ1) is 15.2. The third kappa shape index (κ3) is 1.96. The van der Waals surface area contributed by atoms with Gasteiger partial charge in [0.05, 0.1) is 17.7 Å². The molecule has 130 valence electrons. The van der Waals surface area contributed by atoms with E-state index in [0.29, 0.717) is 23.8 Å². The number of nitrogens with zero attached hydrogens (tertiary/aromatic N) is 2. The minimum Gasteiger partial charge on any atom is -0.390 e. The van der Waals surface area contributed by atoms with Crippen molar-refractivity contribution >= 4 is 5.91 Å². The van der Waals surface area contributed by atoms with E-state index in [2.05, 4.69) is 11.4 Å². The van der Waals surface area contributed by atoms with Crippen LogP contribution >= 0.6 is 0 Å². The number of carbonyl (C=O) groups excluding carboxylic acids is 1. The van der Waals surface area contributed by atoms with Crippen LogP contribution in [0.15, 0.2) is 0 Å². The fraction of sp³-hybridized carbons (Fsp3) is 0.895. The van der Waals surface area contributed by atoms with Crippen LogP contribution in [0, 0.1) is 34.5 Å². The molecule has 6 fully saturated rings. The van der Waals surface area contributed by atoms with Crippen LogP contribution in [0.3, 0.4) is 0 Å². The van der Waals surface area contributed by atoms with E-state index in [4.69, 9.17) is 0 Å². The second kappa shape index (κ2) is 4.74. The number of aliphatic hydroxyl groups is 1. The molecule has 6 rings (SSSR count). The van der Waals surface area contributed by atoms with Gasteiger partial charge >= 0.3 is 0 Å². The van der Waals surface area contributed by atoms with Crippen molar-refractivity contribution in [3.63, 3.8) is 0 Å². The Balaban J connectivity index is 1.46. The molecule has 6 aliphatic rings. The normalized spacial score (nSPS) is 52.0. The SMILES string of the molecule is CNC(C(=O)N1C(C#N)CC2CC21)C12CC3CC(CC(O)(C3)C1)C2. The zero-order chi connectivity index (χ0) is 16.7. The molecule has 0 spiro atoms. The van der Waals surface area contributed by atoms with Gasteiger partial charge in [0.25, 0.3) is 0 Å². The summed E-state index contributed by atoms with van der Waals surface area (Å²) < 4.78 is 0. The van der Waals surface area contributed by atoms with Gasteiger partial charge in [-0.3, -0.25) is 4.79 Å². The maximum absolute atomic E-state index is 13.4. The van der Waals surface area contributed by atoms with Crippen LogP contribution in [0.25, 0.3) is 0 Å². The zero-order valence-electron chi connectivity index (χ0n) is 14.4. The number of nitrogens with one attached hydrogen (secondary N) is 1. The number of hydrogen-bond acceptors (Lipinski definition) is 4. The lowest BCUT2D eigenvalue weighted by Gasteiger charge is -2.62. The second-order valence-electron chi connectivity index (χ2n) is 9.46. The molecule has 1 aliphatic heterocycles. The molecule has 24 heavy (non-hydrogen) atoms. The first-order valence-corrected chi connectivity index (χ1v) is 9.58. The Kier molecular flexibility index (Phi) is 2.99. The number of amides is 1. The third-order valence-electron chi connectivity index (χ3n) is 7.73. The fourth-order valence-corrected chi connectivity index (χ4v) is 7.35. The quantitative estimate of drug-likeness (QED) is 0.821. The number of hydrogen-bond donors (Lipinski definition) is 2. The summed E-state index contributed by atoms with van der Waals surface area (Å²) in [5, 5.41) is 23.8. The largest absolute Gasteiger partial charge is 0.390 e. The molecule has 5 nitrogen and oxygen atoms in total. The maximum atomic E-state index is 13.4. The van der Waals surface area contributed by atoms with Gasteiger partial charge in [0.2, 0.25) is 5.91 Å². The second-order valence-corrected chi connectivity index (χ2v) is 9.46. The summed E-state index contributed by atoms with van der Waals surface area (Å²) in [6, 6.07) is 2.16. The summed E-state index contributed by atoms with van der Waals surface area (Å²) in [6.45, 7) is 0. The van der Waals surface area contributed by atoms with Crippen molar-refractivity contribution in [1.82, 2.24) is 10.2 Å². The molecule has 0 aromatic rings. The first-order valence-electron chi connectivity index (χ1n) is 9.58. The summed E-state index contributed by atoms with van der Waals surface area (Å²) in [4.78, 5) is 15.3. The molecule has 6 atom stereocenters. The van der Waals surface area contributed by atoms with Gasteiger partial charge in [-0.2, -0.15) is 5.26 Å². The van der Waals surface area contributed by atoms with Gasteiger partial charge in [-0.15, -0.1) is 0 Å². The van der Waals surface area contributed by atoms with Gasteiger partial charge in [-0.05, 0) is 81.6 Å². The Morgan fingerprint density at radius 3 is 2.54 bits per heavy atom. The number of likely N-dealkylation sites (tertiary alicyclic amines) is 1. The molecular weight excluding hydrogens is 302 g/mol. The molecule has 4 bridgehead atoms. The number of rotatable bonds is 3. The lowest BCUT2D eigenvalue weighted by molar-refractivity contribution is -0.180.